The van der Waals surface area contributed by atoms with E-state index in [-0.39, 0.29) is 0 Å². The third-order valence-electron chi connectivity index (χ3n) is 1.90. The zero-order chi connectivity index (χ0) is 6.97. The molecule has 1 heteroatoms. The molecule has 10 heavy (non-hydrogen) atoms. The summed E-state index contributed by atoms with van der Waals surface area (Å²) in [6, 6.07) is 8.53. The summed E-state index contributed by atoms with van der Waals surface area (Å²) < 4.78 is 0. The van der Waals surface area contributed by atoms with Crippen molar-refractivity contribution in [3.63, 3.8) is 0 Å². The lowest BCUT2D eigenvalue weighted by atomic mass is 10.2. The summed E-state index contributed by atoms with van der Waals surface area (Å²) in [4.78, 5) is 2.37. The van der Waals surface area contributed by atoms with Crippen LogP contribution in [0.1, 0.15) is 5.56 Å². The molecule has 2 rings (SSSR count). The van der Waals surface area contributed by atoms with E-state index in [2.05, 4.69) is 36.1 Å². The molecule has 1 aromatic carbocycles. The van der Waals surface area contributed by atoms with Gasteiger partial charge >= 0.3 is 0 Å². The van der Waals surface area contributed by atoms with E-state index < -0.39 is 0 Å². The topological polar surface area (TPSA) is 3.01 Å². The number of hydrogen-bond donors (Lipinski definition) is 0. The van der Waals surface area contributed by atoms with Crippen LogP contribution in [-0.4, -0.2) is 13.1 Å². The Morgan fingerprint density at radius 1 is 1.20 bits per heavy atom. The summed E-state index contributed by atoms with van der Waals surface area (Å²) in [7, 11) is 0. The molecule has 0 bridgehead atoms. The maximum Gasteiger partial charge on any atom is 0.0397 e. The van der Waals surface area contributed by atoms with Crippen molar-refractivity contribution in [1.82, 2.24) is 0 Å². The lowest BCUT2D eigenvalue weighted by Gasteiger charge is -2.04. The number of aryl methyl sites for hydroxylation is 1. The molecular formula is C9H11N. The number of hydrogen-bond acceptors (Lipinski definition) is 1. The van der Waals surface area contributed by atoms with Crippen LogP contribution in [0.3, 0.4) is 0 Å². The first-order valence-corrected chi connectivity index (χ1v) is 3.68. The van der Waals surface area contributed by atoms with E-state index in [1.165, 1.54) is 24.3 Å². The lowest BCUT2D eigenvalue weighted by molar-refractivity contribution is 1.33. The Hall–Kier alpha value is -0.980. The Morgan fingerprint density at radius 2 is 1.90 bits per heavy atom. The third-order valence-corrected chi connectivity index (χ3v) is 1.90. The van der Waals surface area contributed by atoms with Crippen LogP contribution in [0, 0.1) is 6.92 Å². The van der Waals surface area contributed by atoms with Crippen molar-refractivity contribution in [2.45, 2.75) is 6.92 Å². The highest BCUT2D eigenvalue weighted by molar-refractivity contribution is 5.56. The molecule has 0 atom stereocenters. The van der Waals surface area contributed by atoms with Crippen molar-refractivity contribution in [3.05, 3.63) is 29.8 Å². The van der Waals surface area contributed by atoms with Gasteiger partial charge in [0, 0.05) is 18.8 Å². The smallest absolute Gasteiger partial charge is 0.0397 e. The van der Waals surface area contributed by atoms with Crippen LogP contribution in [0.2, 0.25) is 0 Å². The first kappa shape index (κ1) is 5.78. The van der Waals surface area contributed by atoms with Crippen LogP contribution in [0.4, 0.5) is 5.69 Å². The maximum absolute atomic E-state index is 2.37. The van der Waals surface area contributed by atoms with Crippen LogP contribution in [0.25, 0.3) is 0 Å². The largest absolute Gasteiger partial charge is 0.368 e. The zero-order valence-electron chi connectivity index (χ0n) is 6.17. The lowest BCUT2D eigenvalue weighted by Crippen LogP contribution is -1.92. The summed E-state index contributed by atoms with van der Waals surface area (Å²) in [5.41, 5.74) is 2.79. The predicted molar refractivity (Wildman–Crippen MR) is 43.4 cm³/mol. The van der Waals surface area contributed by atoms with E-state index in [1.807, 2.05) is 0 Å². The minimum absolute atomic E-state index is 1.24. The number of para-hydroxylation sites is 1. The fourth-order valence-corrected chi connectivity index (χ4v) is 1.21. The highest BCUT2D eigenvalue weighted by Gasteiger charge is 2.18. The molecule has 0 saturated carbocycles. The van der Waals surface area contributed by atoms with E-state index in [0.717, 1.165) is 0 Å². The number of anilines is 1. The van der Waals surface area contributed by atoms with Crippen molar-refractivity contribution in [2.24, 2.45) is 0 Å². The summed E-state index contributed by atoms with van der Waals surface area (Å²) in [5, 5.41) is 0. The van der Waals surface area contributed by atoms with Crippen molar-refractivity contribution >= 4 is 5.69 Å². The minimum atomic E-state index is 1.24. The molecule has 0 aliphatic carbocycles. The summed E-state index contributed by atoms with van der Waals surface area (Å²) in [5.74, 6) is 0. The van der Waals surface area contributed by atoms with E-state index in [4.69, 9.17) is 0 Å². The molecule has 0 N–H and O–H groups in total. The van der Waals surface area contributed by atoms with E-state index >= 15 is 0 Å². The first-order chi connectivity index (χ1) is 4.88. The molecule has 52 valence electrons. The van der Waals surface area contributed by atoms with E-state index in [0.29, 0.717) is 0 Å². The first-order valence-electron chi connectivity index (χ1n) is 3.68. The quantitative estimate of drug-likeness (QED) is 0.528. The monoisotopic (exact) mass is 133 g/mol. The zero-order valence-corrected chi connectivity index (χ0v) is 6.17. The van der Waals surface area contributed by atoms with Gasteiger partial charge in [-0.05, 0) is 18.6 Å². The molecule has 0 radical (unpaired) electrons. The van der Waals surface area contributed by atoms with E-state index in [1.54, 1.807) is 0 Å². The van der Waals surface area contributed by atoms with Gasteiger partial charge in [0.2, 0.25) is 0 Å². The van der Waals surface area contributed by atoms with E-state index in [9.17, 15) is 0 Å². The van der Waals surface area contributed by atoms with Gasteiger partial charge in [-0.25, -0.2) is 0 Å². The summed E-state index contributed by atoms with van der Waals surface area (Å²) >= 11 is 0. The molecule has 1 aliphatic rings. The molecular weight excluding hydrogens is 122 g/mol. The Kier molecular flexibility index (Phi) is 1.16. The van der Waals surface area contributed by atoms with Gasteiger partial charge in [-0.15, -0.1) is 0 Å². The summed E-state index contributed by atoms with van der Waals surface area (Å²) in [6.45, 7) is 4.64. The molecule has 1 saturated heterocycles. The fourth-order valence-electron chi connectivity index (χ4n) is 1.21. The Bertz CT molecular complexity index is 238. The molecule has 0 aromatic heterocycles. The number of benzene rings is 1. The highest BCUT2D eigenvalue weighted by Crippen LogP contribution is 2.24. The average molecular weight is 133 g/mol. The average Bonchev–Trinajstić information content (AvgIpc) is 2.71. The molecule has 1 nitrogen and oxygen atoms in total. The third kappa shape index (κ3) is 0.878. The van der Waals surface area contributed by atoms with Gasteiger partial charge < -0.3 is 4.90 Å². The Labute approximate surface area is 61.3 Å². The van der Waals surface area contributed by atoms with Gasteiger partial charge in [0.1, 0.15) is 0 Å². The fraction of sp³-hybridized carbons (Fsp3) is 0.333. The van der Waals surface area contributed by atoms with Gasteiger partial charge in [0.25, 0.3) is 0 Å². The van der Waals surface area contributed by atoms with Crippen LogP contribution in [0.5, 0.6) is 0 Å². The van der Waals surface area contributed by atoms with Crippen molar-refractivity contribution < 1.29 is 0 Å². The predicted octanol–water partition coefficient (Wildman–Crippen LogP) is 1.82. The molecule has 1 fully saturated rings. The van der Waals surface area contributed by atoms with Gasteiger partial charge in [0.05, 0.1) is 0 Å². The van der Waals surface area contributed by atoms with Crippen molar-refractivity contribution in [1.29, 1.82) is 0 Å². The second kappa shape index (κ2) is 2.01. The molecule has 1 heterocycles. The van der Waals surface area contributed by atoms with Crippen LogP contribution < -0.4 is 4.90 Å². The normalized spacial score (nSPS) is 15.5. The number of rotatable bonds is 1. The Morgan fingerprint density at radius 3 is 2.50 bits per heavy atom. The maximum atomic E-state index is 2.37. The van der Waals surface area contributed by atoms with Crippen LogP contribution >= 0.6 is 0 Å². The van der Waals surface area contributed by atoms with Gasteiger partial charge in [-0.1, -0.05) is 18.2 Å². The minimum Gasteiger partial charge on any atom is -0.368 e. The molecule has 0 unspecified atom stereocenters. The molecule has 0 amide bonds. The second-order valence-corrected chi connectivity index (χ2v) is 2.77. The Balaban J connectivity index is 2.39. The highest BCUT2D eigenvalue weighted by atomic mass is 15.3. The van der Waals surface area contributed by atoms with Crippen LogP contribution in [0.15, 0.2) is 24.3 Å². The van der Waals surface area contributed by atoms with Crippen LogP contribution in [-0.2, 0) is 0 Å². The summed E-state index contributed by atoms with van der Waals surface area (Å²) in [6.07, 6.45) is 0. The number of nitrogens with zero attached hydrogens (tertiary/aromatic N) is 1. The standard InChI is InChI=1S/C9H11N/c1-8-4-2-3-5-9(8)10-6-7-10/h2-5H,6-7H2,1H3. The van der Waals surface area contributed by atoms with Gasteiger partial charge in [-0.2, -0.15) is 0 Å². The van der Waals surface area contributed by atoms with Crippen molar-refractivity contribution in [3.8, 4) is 0 Å². The SMILES string of the molecule is Cc1ccccc1N1CC1. The molecule has 1 aromatic rings. The van der Waals surface area contributed by atoms with Crippen molar-refractivity contribution in [2.75, 3.05) is 18.0 Å². The second-order valence-electron chi connectivity index (χ2n) is 2.77. The van der Waals surface area contributed by atoms with Gasteiger partial charge in [-0.3, -0.25) is 0 Å². The molecule has 0 spiro atoms. The van der Waals surface area contributed by atoms with Gasteiger partial charge in [0.15, 0.2) is 0 Å². The molecule has 1 aliphatic heterocycles.